The maximum absolute atomic E-state index is 14.5. The fourth-order valence-corrected chi connectivity index (χ4v) is 4.34. The van der Waals surface area contributed by atoms with Gasteiger partial charge >= 0.3 is 0 Å². The van der Waals surface area contributed by atoms with Crippen LogP contribution in [0.25, 0.3) is 22.4 Å². The van der Waals surface area contributed by atoms with Crippen LogP contribution in [0.15, 0.2) is 24.7 Å². The summed E-state index contributed by atoms with van der Waals surface area (Å²) >= 11 is 6.08. The molecule has 156 valence electrons. The van der Waals surface area contributed by atoms with Crippen LogP contribution in [0.3, 0.4) is 0 Å². The Labute approximate surface area is 179 Å². The van der Waals surface area contributed by atoms with Crippen molar-refractivity contribution in [1.29, 1.82) is 0 Å². The van der Waals surface area contributed by atoms with Gasteiger partial charge in [-0.3, -0.25) is 4.79 Å². The second kappa shape index (κ2) is 8.59. The van der Waals surface area contributed by atoms with Crippen molar-refractivity contribution in [2.24, 2.45) is 5.92 Å². The summed E-state index contributed by atoms with van der Waals surface area (Å²) in [4.78, 5) is 28.3. The number of nitrogens with zero attached hydrogens (tertiary/aromatic N) is 3. The molecule has 3 unspecified atom stereocenters. The van der Waals surface area contributed by atoms with Crippen LogP contribution in [0.4, 0.5) is 10.2 Å². The van der Waals surface area contributed by atoms with Gasteiger partial charge in [-0.05, 0) is 31.6 Å². The number of H-pyrrole nitrogens is 1. The highest BCUT2D eigenvalue weighted by atomic mass is 35.5. The zero-order valence-electron chi connectivity index (χ0n) is 16.9. The number of rotatable bonds is 5. The number of anilines is 1. The molecule has 7 nitrogen and oxygen atoms in total. The Morgan fingerprint density at radius 2 is 2.20 bits per heavy atom. The van der Waals surface area contributed by atoms with Crippen molar-refractivity contribution in [3.8, 4) is 11.4 Å². The van der Waals surface area contributed by atoms with E-state index in [-0.39, 0.29) is 29.5 Å². The van der Waals surface area contributed by atoms with Crippen molar-refractivity contribution in [3.05, 3.63) is 35.5 Å². The molecule has 0 bridgehead atoms. The molecule has 0 spiro atoms. The molecular weight excluding hydrogens is 406 g/mol. The molecule has 0 saturated heterocycles. The van der Waals surface area contributed by atoms with E-state index in [0.717, 1.165) is 30.8 Å². The molecule has 0 aliphatic heterocycles. The lowest BCUT2D eigenvalue weighted by atomic mass is 9.65. The first-order chi connectivity index (χ1) is 14.5. The van der Waals surface area contributed by atoms with Gasteiger partial charge in [0.15, 0.2) is 17.5 Å². The maximum Gasteiger partial charge on any atom is 0.222 e. The molecule has 1 amide bonds. The smallest absolute Gasteiger partial charge is 0.222 e. The van der Waals surface area contributed by atoms with Gasteiger partial charge in [-0.2, -0.15) is 0 Å². The third kappa shape index (κ3) is 3.98. The predicted octanol–water partition coefficient (Wildman–Crippen LogP) is 2.95. The van der Waals surface area contributed by atoms with E-state index in [1.54, 1.807) is 18.5 Å². The lowest BCUT2D eigenvalue weighted by Gasteiger charge is -2.36. The molecule has 3 aromatic heterocycles. The molecule has 1 aliphatic rings. The van der Waals surface area contributed by atoms with Crippen molar-refractivity contribution in [1.82, 2.24) is 25.3 Å². The molecule has 1 fully saturated rings. The minimum atomic E-state index is -0.526. The van der Waals surface area contributed by atoms with Crippen LogP contribution in [-0.2, 0) is 4.79 Å². The summed E-state index contributed by atoms with van der Waals surface area (Å²) in [6.07, 6.45) is 7.04. The second-order valence-electron chi connectivity index (χ2n) is 7.68. The number of carbonyl (C=O) groups is 1. The number of pyridine rings is 1. The molecule has 0 radical (unpaired) electrons. The number of nitrogens with one attached hydrogen (secondary N) is 3. The molecule has 1 aliphatic carbocycles. The Balaban J connectivity index is 1.61. The minimum Gasteiger partial charge on any atom is -0.365 e. The normalized spacial score (nSPS) is 21.5. The zero-order valence-corrected chi connectivity index (χ0v) is 17.6. The number of hydrogen-bond acceptors (Lipinski definition) is 5. The van der Waals surface area contributed by atoms with Crippen molar-refractivity contribution >= 4 is 42.2 Å². The van der Waals surface area contributed by atoms with Gasteiger partial charge in [-0.25, -0.2) is 19.3 Å². The summed E-state index contributed by atoms with van der Waals surface area (Å²) < 4.78 is 14.5. The molecule has 4 rings (SSSR count). The van der Waals surface area contributed by atoms with E-state index >= 15 is 0 Å². The van der Waals surface area contributed by atoms with Gasteiger partial charge in [-0.15, -0.1) is 0 Å². The van der Waals surface area contributed by atoms with Crippen LogP contribution in [0.5, 0.6) is 0 Å². The predicted molar refractivity (Wildman–Crippen MR) is 118 cm³/mol. The molecule has 1 saturated carbocycles. The van der Waals surface area contributed by atoms with E-state index in [1.807, 2.05) is 14.8 Å². The highest BCUT2D eigenvalue weighted by Gasteiger charge is 2.34. The van der Waals surface area contributed by atoms with Gasteiger partial charge in [0, 0.05) is 41.8 Å². The highest BCUT2D eigenvalue weighted by molar-refractivity contribution is 6.31. The molecule has 30 heavy (non-hydrogen) atoms. The van der Waals surface area contributed by atoms with Crippen LogP contribution in [-0.4, -0.2) is 46.3 Å². The first-order valence-electron chi connectivity index (χ1n) is 10.2. The van der Waals surface area contributed by atoms with Gasteiger partial charge in [0.1, 0.15) is 13.5 Å². The Hall–Kier alpha value is -2.68. The molecule has 10 heteroatoms. The van der Waals surface area contributed by atoms with Crippen LogP contribution in [0.2, 0.25) is 10.8 Å². The topological polar surface area (TPSA) is 95.6 Å². The van der Waals surface area contributed by atoms with Gasteiger partial charge in [0.2, 0.25) is 5.91 Å². The Kier molecular flexibility index (Phi) is 5.90. The lowest BCUT2D eigenvalue weighted by Crippen LogP contribution is -2.42. The standard InChI is InChI=1S/C20H23BClFN6O/c1-2-24-20(30)11-4-3-5-15(16(11)21)28-19-14(23)9-27-18(29-19)13-8-26-17-12(13)6-10(22)7-25-17/h6-9,11,15-16H,2-5,21H2,1H3,(H,24,30)(H,25,26)(H,27,28,29). The number of aromatic amines is 1. The van der Waals surface area contributed by atoms with E-state index in [4.69, 9.17) is 11.6 Å². The average Bonchev–Trinajstić information content (AvgIpc) is 3.14. The Morgan fingerprint density at radius 3 is 3.00 bits per heavy atom. The fourth-order valence-electron chi connectivity index (χ4n) is 4.18. The van der Waals surface area contributed by atoms with Crippen molar-refractivity contribution in [2.45, 2.75) is 38.0 Å². The number of fused-ring (bicyclic) bond motifs is 1. The molecule has 3 atom stereocenters. The van der Waals surface area contributed by atoms with Crippen molar-refractivity contribution in [3.63, 3.8) is 0 Å². The number of amides is 1. The van der Waals surface area contributed by atoms with Gasteiger partial charge in [-0.1, -0.05) is 18.0 Å². The third-order valence-corrected chi connectivity index (χ3v) is 6.00. The minimum absolute atomic E-state index is 0.0531. The second-order valence-corrected chi connectivity index (χ2v) is 8.12. The van der Waals surface area contributed by atoms with Crippen LogP contribution >= 0.6 is 11.6 Å². The summed E-state index contributed by atoms with van der Waals surface area (Å²) in [6, 6.07) is 1.72. The van der Waals surface area contributed by atoms with E-state index in [9.17, 15) is 9.18 Å². The summed E-state index contributed by atoms with van der Waals surface area (Å²) in [6.45, 7) is 2.51. The van der Waals surface area contributed by atoms with E-state index < -0.39 is 5.82 Å². The third-order valence-electron chi connectivity index (χ3n) is 5.79. The Bertz CT molecular complexity index is 1080. The number of halogens is 2. The number of aromatic nitrogens is 4. The van der Waals surface area contributed by atoms with Gasteiger partial charge in [0.05, 0.1) is 11.2 Å². The number of carbonyl (C=O) groups excluding carboxylic acids is 1. The van der Waals surface area contributed by atoms with Gasteiger partial charge in [0.25, 0.3) is 0 Å². The monoisotopic (exact) mass is 428 g/mol. The van der Waals surface area contributed by atoms with Crippen LogP contribution < -0.4 is 10.6 Å². The van der Waals surface area contributed by atoms with E-state index in [0.29, 0.717) is 28.6 Å². The SMILES string of the molecule is BC1C(Nc2nc(-c3c[nH]c4ncc(Cl)cc34)ncc2F)CCCC1C(=O)NCC. The first-order valence-corrected chi connectivity index (χ1v) is 10.6. The van der Waals surface area contributed by atoms with Crippen molar-refractivity contribution in [2.75, 3.05) is 11.9 Å². The van der Waals surface area contributed by atoms with Crippen LogP contribution in [0.1, 0.15) is 26.2 Å². The summed E-state index contributed by atoms with van der Waals surface area (Å²) in [5.41, 5.74) is 1.35. The average molecular weight is 429 g/mol. The summed E-state index contributed by atoms with van der Waals surface area (Å²) in [7, 11) is 2.03. The first kappa shape index (κ1) is 20.6. The Morgan fingerprint density at radius 1 is 1.37 bits per heavy atom. The summed E-state index contributed by atoms with van der Waals surface area (Å²) in [5, 5.41) is 7.40. The molecule has 0 aromatic carbocycles. The summed E-state index contributed by atoms with van der Waals surface area (Å²) in [5.74, 6) is 0.00269. The zero-order chi connectivity index (χ0) is 21.3. The van der Waals surface area contributed by atoms with Crippen molar-refractivity contribution < 1.29 is 9.18 Å². The highest BCUT2D eigenvalue weighted by Crippen LogP contribution is 2.35. The van der Waals surface area contributed by atoms with Crippen LogP contribution in [0, 0.1) is 11.7 Å². The largest absolute Gasteiger partial charge is 0.365 e. The molecular formula is C20H23BClFN6O. The van der Waals surface area contributed by atoms with Gasteiger partial charge < -0.3 is 15.6 Å². The molecule has 3 N–H and O–H groups in total. The van der Waals surface area contributed by atoms with E-state index in [2.05, 4.69) is 30.6 Å². The van der Waals surface area contributed by atoms with E-state index in [1.165, 1.54) is 0 Å². The fraction of sp³-hybridized carbons (Fsp3) is 0.400. The molecule has 3 aromatic rings. The molecule has 3 heterocycles. The quantitative estimate of drug-likeness (QED) is 0.543. The maximum atomic E-state index is 14.5. The number of hydrogen-bond donors (Lipinski definition) is 3. The lowest BCUT2D eigenvalue weighted by molar-refractivity contribution is -0.125.